The van der Waals surface area contributed by atoms with Gasteiger partial charge in [0, 0.05) is 31.7 Å². The van der Waals surface area contributed by atoms with Crippen LogP contribution in [-0.2, 0) is 4.79 Å². The van der Waals surface area contributed by atoms with Crippen LogP contribution in [0.3, 0.4) is 0 Å². The molecule has 0 spiro atoms. The molecule has 23 heavy (non-hydrogen) atoms. The molecule has 124 valence electrons. The summed E-state index contributed by atoms with van der Waals surface area (Å²) in [5, 5.41) is 15.8. The number of hydrogen-bond donors (Lipinski definition) is 2. The number of aliphatic hydroxyl groups is 1. The van der Waals surface area contributed by atoms with Crippen LogP contribution in [-0.4, -0.2) is 36.2 Å². The number of anilines is 1. The maximum atomic E-state index is 12.5. The predicted molar refractivity (Wildman–Crippen MR) is 97.4 cm³/mol. The first-order valence-electron chi connectivity index (χ1n) is 7.86. The van der Waals surface area contributed by atoms with Crippen LogP contribution >= 0.6 is 11.8 Å². The van der Waals surface area contributed by atoms with Crippen LogP contribution in [0.1, 0.15) is 19.8 Å². The summed E-state index contributed by atoms with van der Waals surface area (Å²) in [6.07, 6.45) is 3.50. The Balaban J connectivity index is 1.85. The fraction of sp³-hybridized carbons (Fsp3) is 0.389. The quantitative estimate of drug-likeness (QED) is 0.768. The molecule has 1 fully saturated rings. The number of amides is 1. The second-order valence-corrected chi connectivity index (χ2v) is 6.70. The van der Waals surface area contributed by atoms with Gasteiger partial charge in [-0.15, -0.1) is 11.8 Å². The first-order chi connectivity index (χ1) is 11.1. The molecule has 2 N–H and O–H groups in total. The number of thioether (sulfide) groups is 1. The van der Waals surface area contributed by atoms with E-state index < -0.39 is 5.60 Å². The van der Waals surface area contributed by atoms with E-state index in [4.69, 9.17) is 0 Å². The van der Waals surface area contributed by atoms with E-state index in [0.29, 0.717) is 19.5 Å². The number of hydrogen-bond acceptors (Lipinski definition) is 4. The van der Waals surface area contributed by atoms with Gasteiger partial charge in [0.05, 0.1) is 0 Å². The third kappa shape index (κ3) is 4.70. The number of nitrogens with one attached hydrogen (secondary N) is 1. The highest BCUT2D eigenvalue weighted by molar-refractivity contribution is 8.05. The van der Waals surface area contributed by atoms with Gasteiger partial charge in [-0.05, 0) is 28.9 Å². The molecule has 0 saturated carbocycles. The highest BCUT2D eigenvalue weighted by atomic mass is 32.2. The van der Waals surface area contributed by atoms with Crippen molar-refractivity contribution in [2.45, 2.75) is 25.4 Å². The number of benzene rings is 1. The monoisotopic (exact) mass is 332 g/mol. The molecule has 1 aliphatic heterocycles. The average Bonchev–Trinajstić information content (AvgIpc) is 2.84. The molecule has 1 amide bonds. The molecule has 1 saturated heterocycles. The van der Waals surface area contributed by atoms with Gasteiger partial charge in [0.15, 0.2) is 5.60 Å². The summed E-state index contributed by atoms with van der Waals surface area (Å²) >= 11 is 1.57. The SMILES string of the molecule is C=C(CNCC1(O)CCN(c2ccccc2)C1=O)SC=CCC. The van der Waals surface area contributed by atoms with E-state index in [0.717, 1.165) is 17.0 Å². The molecule has 0 bridgehead atoms. The van der Waals surface area contributed by atoms with Crippen LogP contribution in [0.25, 0.3) is 0 Å². The fourth-order valence-electron chi connectivity index (χ4n) is 2.47. The predicted octanol–water partition coefficient (Wildman–Crippen LogP) is 2.91. The summed E-state index contributed by atoms with van der Waals surface area (Å²) in [5.74, 6) is -0.236. The summed E-state index contributed by atoms with van der Waals surface area (Å²) in [6.45, 7) is 7.40. The highest BCUT2D eigenvalue weighted by Crippen LogP contribution is 2.27. The van der Waals surface area contributed by atoms with Crippen molar-refractivity contribution in [1.82, 2.24) is 5.32 Å². The van der Waals surface area contributed by atoms with Crippen molar-refractivity contribution in [3.05, 3.63) is 53.3 Å². The molecule has 0 radical (unpaired) electrons. The Morgan fingerprint density at radius 3 is 2.91 bits per heavy atom. The Kier molecular flexibility index (Phi) is 6.45. The number of carbonyl (C=O) groups excluding carboxylic acids is 1. The van der Waals surface area contributed by atoms with Crippen LogP contribution in [0.15, 0.2) is 53.3 Å². The average molecular weight is 332 g/mol. The second kappa shape index (κ2) is 8.34. The molecular weight excluding hydrogens is 308 g/mol. The van der Waals surface area contributed by atoms with Crippen LogP contribution < -0.4 is 10.2 Å². The summed E-state index contributed by atoms with van der Waals surface area (Å²) < 4.78 is 0. The molecule has 1 aliphatic rings. The zero-order valence-electron chi connectivity index (χ0n) is 13.5. The van der Waals surface area contributed by atoms with Crippen molar-refractivity contribution in [3.8, 4) is 0 Å². The maximum Gasteiger partial charge on any atom is 0.260 e. The standard InChI is InChI=1S/C18H24N2O2S/c1-3-4-12-23-15(2)13-19-14-18(22)10-11-20(17(18)21)16-8-6-5-7-9-16/h4-9,12,19,22H,2-3,10-11,13-14H2,1H3. The molecular formula is C18H24N2O2S. The minimum Gasteiger partial charge on any atom is -0.379 e. The number of allylic oxidation sites excluding steroid dienone is 1. The van der Waals surface area contributed by atoms with Gasteiger partial charge >= 0.3 is 0 Å². The zero-order chi connectivity index (χ0) is 16.7. The van der Waals surface area contributed by atoms with Crippen LogP contribution in [0.5, 0.6) is 0 Å². The van der Waals surface area contributed by atoms with Crippen molar-refractivity contribution >= 4 is 23.4 Å². The van der Waals surface area contributed by atoms with Crippen molar-refractivity contribution in [3.63, 3.8) is 0 Å². The fourth-order valence-corrected chi connectivity index (χ4v) is 3.13. The summed E-state index contributed by atoms with van der Waals surface area (Å²) in [6, 6.07) is 9.46. The Morgan fingerprint density at radius 2 is 2.22 bits per heavy atom. The van der Waals surface area contributed by atoms with Gasteiger partial charge in [-0.25, -0.2) is 0 Å². The lowest BCUT2D eigenvalue weighted by Gasteiger charge is -2.23. The molecule has 4 nitrogen and oxygen atoms in total. The first-order valence-corrected chi connectivity index (χ1v) is 8.74. The summed E-state index contributed by atoms with van der Waals surface area (Å²) in [7, 11) is 0. The minimum atomic E-state index is -1.33. The van der Waals surface area contributed by atoms with Crippen molar-refractivity contribution < 1.29 is 9.90 Å². The van der Waals surface area contributed by atoms with E-state index in [1.165, 1.54) is 0 Å². The third-order valence-corrected chi connectivity index (χ3v) is 4.57. The normalized spacial score (nSPS) is 21.3. The molecule has 2 rings (SSSR count). The lowest BCUT2D eigenvalue weighted by Crippen LogP contribution is -2.48. The Bertz CT molecular complexity index is 574. The molecule has 1 atom stereocenters. The summed E-state index contributed by atoms with van der Waals surface area (Å²) in [4.78, 5) is 15.1. The number of carbonyl (C=O) groups is 1. The zero-order valence-corrected chi connectivity index (χ0v) is 14.3. The van der Waals surface area contributed by atoms with Gasteiger partial charge in [0.25, 0.3) is 5.91 Å². The third-order valence-electron chi connectivity index (χ3n) is 3.77. The molecule has 1 unspecified atom stereocenters. The molecule has 0 aliphatic carbocycles. The maximum absolute atomic E-state index is 12.5. The van der Waals surface area contributed by atoms with Crippen LogP contribution in [0.2, 0.25) is 0 Å². The molecule has 1 heterocycles. The number of para-hydroxylation sites is 1. The van der Waals surface area contributed by atoms with Crippen molar-refractivity contribution in [2.24, 2.45) is 0 Å². The second-order valence-electron chi connectivity index (χ2n) is 5.61. The van der Waals surface area contributed by atoms with Crippen LogP contribution in [0, 0.1) is 0 Å². The van der Waals surface area contributed by atoms with Crippen molar-refractivity contribution in [2.75, 3.05) is 24.5 Å². The Labute approximate surface area is 142 Å². The van der Waals surface area contributed by atoms with Gasteiger partial charge in [0.2, 0.25) is 0 Å². The smallest absolute Gasteiger partial charge is 0.260 e. The lowest BCUT2D eigenvalue weighted by molar-refractivity contribution is -0.132. The van der Waals surface area contributed by atoms with E-state index in [1.807, 2.05) is 35.7 Å². The highest BCUT2D eigenvalue weighted by Gasteiger charge is 2.45. The van der Waals surface area contributed by atoms with Crippen LogP contribution in [0.4, 0.5) is 5.69 Å². The largest absolute Gasteiger partial charge is 0.379 e. The molecule has 5 heteroatoms. The number of rotatable bonds is 8. The summed E-state index contributed by atoms with van der Waals surface area (Å²) in [5.41, 5.74) is -0.502. The molecule has 1 aromatic rings. The first kappa shape index (κ1) is 17.8. The molecule has 0 aromatic heterocycles. The topological polar surface area (TPSA) is 52.6 Å². The van der Waals surface area contributed by atoms with E-state index >= 15 is 0 Å². The Morgan fingerprint density at radius 1 is 1.48 bits per heavy atom. The van der Waals surface area contributed by atoms with Gasteiger partial charge in [-0.3, -0.25) is 4.79 Å². The number of nitrogens with zero attached hydrogens (tertiary/aromatic N) is 1. The lowest BCUT2D eigenvalue weighted by atomic mass is 10.0. The van der Waals surface area contributed by atoms with Gasteiger partial charge in [0.1, 0.15) is 0 Å². The minimum absolute atomic E-state index is 0.236. The Hall–Kier alpha value is -1.56. The van der Waals surface area contributed by atoms with E-state index in [2.05, 4.69) is 24.9 Å². The van der Waals surface area contributed by atoms with E-state index in [1.54, 1.807) is 16.7 Å². The van der Waals surface area contributed by atoms with Gasteiger partial charge < -0.3 is 15.3 Å². The van der Waals surface area contributed by atoms with Gasteiger partial charge in [-0.1, -0.05) is 37.8 Å². The van der Waals surface area contributed by atoms with Gasteiger partial charge in [-0.2, -0.15) is 0 Å². The molecule has 1 aromatic carbocycles. The van der Waals surface area contributed by atoms with Crippen molar-refractivity contribution in [1.29, 1.82) is 0 Å². The van der Waals surface area contributed by atoms with E-state index in [-0.39, 0.29) is 12.5 Å². The van der Waals surface area contributed by atoms with E-state index in [9.17, 15) is 9.90 Å².